The molecule has 0 amide bonds. The van der Waals surface area contributed by atoms with Crippen LogP contribution in [-0.2, 0) is 9.53 Å². The summed E-state index contributed by atoms with van der Waals surface area (Å²) in [5.41, 5.74) is 0. The predicted molar refractivity (Wildman–Crippen MR) is 26.7 cm³/mol. The average molecular weight is 101 g/mol. The molecule has 0 aliphatic carbocycles. The maximum absolute atomic E-state index is 9.69. The average Bonchev–Trinajstić information content (AvgIpc) is 1.68. The fourth-order valence-electron chi connectivity index (χ4n) is 0.284. The highest BCUT2D eigenvalue weighted by Gasteiger charge is 1.95. The van der Waals surface area contributed by atoms with E-state index in [4.69, 9.17) is 0 Å². The normalized spacial score (nSPS) is 13.4. The highest BCUT2D eigenvalue weighted by atomic mass is 16.5. The van der Waals surface area contributed by atoms with Gasteiger partial charge in [0.15, 0.2) is 0 Å². The number of hydrogen-bond donors (Lipinski definition) is 0. The van der Waals surface area contributed by atoms with E-state index in [1.165, 1.54) is 0 Å². The minimum absolute atomic E-state index is 0.0787. The summed E-state index contributed by atoms with van der Waals surface area (Å²) in [7, 11) is 1.56. The van der Waals surface area contributed by atoms with Crippen LogP contribution in [-0.4, -0.2) is 20.0 Å². The van der Waals surface area contributed by atoms with E-state index in [1.807, 2.05) is 0 Å². The Morgan fingerprint density at radius 3 is 2.57 bits per heavy atom. The van der Waals surface area contributed by atoms with Crippen LogP contribution in [0.15, 0.2) is 0 Å². The topological polar surface area (TPSA) is 26.3 Å². The van der Waals surface area contributed by atoms with E-state index in [2.05, 4.69) is 4.74 Å². The van der Waals surface area contributed by atoms with Crippen LogP contribution in [0.4, 0.5) is 0 Å². The van der Waals surface area contributed by atoms with Gasteiger partial charge in [-0.1, -0.05) is 6.92 Å². The maximum Gasteiger partial charge on any atom is 0.203 e. The maximum atomic E-state index is 9.69. The largest absolute Gasteiger partial charge is 0.384 e. The van der Waals surface area contributed by atoms with Gasteiger partial charge < -0.3 is 4.74 Å². The molecule has 2 nitrogen and oxygen atoms in total. The van der Waals surface area contributed by atoms with E-state index < -0.39 is 0 Å². The zero-order valence-corrected chi connectivity index (χ0v) is 4.60. The molecule has 0 aromatic heterocycles. The van der Waals surface area contributed by atoms with Crippen LogP contribution in [0.2, 0.25) is 0 Å². The first kappa shape index (κ1) is 6.63. The van der Waals surface area contributed by atoms with Crippen molar-refractivity contribution in [3.63, 3.8) is 0 Å². The SMILES string of the molecule is COCC(C)[C]=O. The van der Waals surface area contributed by atoms with Crippen molar-refractivity contribution in [3.8, 4) is 0 Å². The Labute approximate surface area is 43.5 Å². The van der Waals surface area contributed by atoms with Crippen molar-refractivity contribution in [1.82, 2.24) is 0 Å². The van der Waals surface area contributed by atoms with Crippen LogP contribution in [0.1, 0.15) is 6.92 Å². The molecule has 0 aromatic carbocycles. The van der Waals surface area contributed by atoms with Crippen molar-refractivity contribution in [2.24, 2.45) is 5.92 Å². The van der Waals surface area contributed by atoms with Crippen LogP contribution in [0, 0.1) is 5.92 Å². The Morgan fingerprint density at radius 1 is 1.86 bits per heavy atom. The van der Waals surface area contributed by atoms with Crippen LogP contribution < -0.4 is 0 Å². The molecular formula is C5H9O2. The van der Waals surface area contributed by atoms with E-state index in [1.54, 1.807) is 20.3 Å². The number of hydrogen-bond acceptors (Lipinski definition) is 2. The smallest absolute Gasteiger partial charge is 0.203 e. The van der Waals surface area contributed by atoms with E-state index in [-0.39, 0.29) is 5.92 Å². The van der Waals surface area contributed by atoms with E-state index in [0.717, 1.165) is 0 Å². The molecule has 0 saturated carbocycles. The lowest BCUT2D eigenvalue weighted by atomic mass is 10.2. The molecule has 1 unspecified atom stereocenters. The van der Waals surface area contributed by atoms with Crippen LogP contribution in [0.25, 0.3) is 0 Å². The lowest BCUT2D eigenvalue weighted by Crippen LogP contribution is -2.03. The summed E-state index contributed by atoms with van der Waals surface area (Å²) < 4.78 is 4.63. The Morgan fingerprint density at radius 2 is 2.43 bits per heavy atom. The minimum Gasteiger partial charge on any atom is -0.384 e. The highest BCUT2D eigenvalue weighted by Crippen LogP contribution is 1.86. The quantitative estimate of drug-likeness (QED) is 0.513. The van der Waals surface area contributed by atoms with Gasteiger partial charge in [-0.25, -0.2) is 0 Å². The minimum atomic E-state index is -0.0787. The molecule has 41 valence electrons. The van der Waals surface area contributed by atoms with Gasteiger partial charge in [0.25, 0.3) is 0 Å². The molecule has 0 saturated heterocycles. The van der Waals surface area contributed by atoms with Gasteiger partial charge in [0.1, 0.15) is 0 Å². The second kappa shape index (κ2) is 3.81. The predicted octanol–water partition coefficient (Wildman–Crippen LogP) is 0.379. The van der Waals surface area contributed by atoms with Crippen molar-refractivity contribution in [3.05, 3.63) is 0 Å². The van der Waals surface area contributed by atoms with E-state index >= 15 is 0 Å². The third-order valence-electron chi connectivity index (χ3n) is 0.618. The van der Waals surface area contributed by atoms with Gasteiger partial charge in [0.05, 0.1) is 6.61 Å². The molecule has 0 fully saturated rings. The Kier molecular flexibility index (Phi) is 3.61. The summed E-state index contributed by atoms with van der Waals surface area (Å²) in [6.07, 6.45) is 1.79. The molecule has 2 heteroatoms. The summed E-state index contributed by atoms with van der Waals surface area (Å²) in [6, 6.07) is 0. The Hall–Kier alpha value is -0.370. The molecule has 0 N–H and O–H groups in total. The van der Waals surface area contributed by atoms with Gasteiger partial charge in [-0.3, -0.25) is 4.79 Å². The van der Waals surface area contributed by atoms with Crippen LogP contribution in [0.3, 0.4) is 0 Å². The number of rotatable bonds is 3. The monoisotopic (exact) mass is 101 g/mol. The van der Waals surface area contributed by atoms with E-state index in [0.29, 0.717) is 6.61 Å². The summed E-state index contributed by atoms with van der Waals surface area (Å²) in [5.74, 6) is -0.0787. The summed E-state index contributed by atoms with van der Waals surface area (Å²) in [6.45, 7) is 2.24. The third kappa shape index (κ3) is 3.46. The summed E-state index contributed by atoms with van der Waals surface area (Å²) in [5, 5.41) is 0. The van der Waals surface area contributed by atoms with Gasteiger partial charge in [-0.05, 0) is 0 Å². The standard InChI is InChI=1S/C5H9O2/c1-5(3-6)4-7-2/h5H,4H2,1-2H3. The molecule has 0 aromatic rings. The van der Waals surface area contributed by atoms with Gasteiger partial charge in [0, 0.05) is 13.0 Å². The second-order valence-corrected chi connectivity index (χ2v) is 1.47. The molecule has 7 heavy (non-hydrogen) atoms. The Balaban J connectivity index is 2.98. The lowest BCUT2D eigenvalue weighted by Gasteiger charge is -1.95. The summed E-state index contributed by atoms with van der Waals surface area (Å²) in [4.78, 5) is 9.69. The molecule has 0 aliphatic heterocycles. The van der Waals surface area contributed by atoms with Gasteiger partial charge in [-0.2, -0.15) is 0 Å². The van der Waals surface area contributed by atoms with Crippen molar-refractivity contribution < 1.29 is 9.53 Å². The fraction of sp³-hybridized carbons (Fsp3) is 0.800. The lowest BCUT2D eigenvalue weighted by molar-refractivity contribution is 0.180. The number of carbonyl (C=O) groups excluding carboxylic acids is 1. The molecule has 1 atom stereocenters. The third-order valence-corrected chi connectivity index (χ3v) is 0.618. The number of ether oxygens (including phenoxy) is 1. The molecule has 0 rings (SSSR count). The van der Waals surface area contributed by atoms with Gasteiger partial charge in [-0.15, -0.1) is 0 Å². The van der Waals surface area contributed by atoms with Crippen molar-refractivity contribution in [2.75, 3.05) is 13.7 Å². The molecular weight excluding hydrogens is 92.1 g/mol. The van der Waals surface area contributed by atoms with Gasteiger partial charge in [0.2, 0.25) is 6.29 Å². The van der Waals surface area contributed by atoms with Crippen molar-refractivity contribution >= 4 is 6.29 Å². The van der Waals surface area contributed by atoms with Crippen molar-refractivity contribution in [2.45, 2.75) is 6.92 Å². The second-order valence-electron chi connectivity index (χ2n) is 1.47. The van der Waals surface area contributed by atoms with E-state index in [9.17, 15) is 4.79 Å². The van der Waals surface area contributed by atoms with Crippen LogP contribution in [0.5, 0.6) is 0 Å². The number of methoxy groups -OCH3 is 1. The fourth-order valence-corrected chi connectivity index (χ4v) is 0.284. The molecule has 0 aliphatic rings. The highest BCUT2D eigenvalue weighted by molar-refractivity contribution is 5.53. The first-order valence-corrected chi connectivity index (χ1v) is 2.18. The van der Waals surface area contributed by atoms with Gasteiger partial charge >= 0.3 is 0 Å². The zero-order chi connectivity index (χ0) is 5.70. The first-order valence-electron chi connectivity index (χ1n) is 2.18. The van der Waals surface area contributed by atoms with Crippen LogP contribution >= 0.6 is 0 Å². The zero-order valence-electron chi connectivity index (χ0n) is 4.60. The molecule has 0 bridgehead atoms. The molecule has 0 heterocycles. The van der Waals surface area contributed by atoms with Crippen molar-refractivity contribution in [1.29, 1.82) is 0 Å². The molecule has 1 radical (unpaired) electrons. The molecule has 0 spiro atoms. The Bertz CT molecular complexity index is 52.0. The summed E-state index contributed by atoms with van der Waals surface area (Å²) >= 11 is 0. The first-order chi connectivity index (χ1) is 3.31.